The molecule has 1 unspecified atom stereocenters. The lowest BCUT2D eigenvalue weighted by atomic mass is 10.2. The fourth-order valence-corrected chi connectivity index (χ4v) is 4.36. The number of hydrogen-bond acceptors (Lipinski definition) is 4. The van der Waals surface area contributed by atoms with E-state index < -0.39 is 10.8 Å². The molecule has 0 spiro atoms. The Balaban J connectivity index is 2.05. The number of hydrogen-bond donors (Lipinski definition) is 1. The minimum atomic E-state index is -1.23. The summed E-state index contributed by atoms with van der Waals surface area (Å²) in [6.07, 6.45) is 0.995. The van der Waals surface area contributed by atoms with Crippen molar-refractivity contribution >= 4 is 39.5 Å². The maximum Gasteiger partial charge on any atom is 0.0892 e. The van der Waals surface area contributed by atoms with Crippen LogP contribution in [0, 0.1) is 0 Å². The Labute approximate surface area is 144 Å². The molecule has 2 aromatic rings. The van der Waals surface area contributed by atoms with Crippen LogP contribution in [0.25, 0.3) is 0 Å². The van der Waals surface area contributed by atoms with Gasteiger partial charge in [0.15, 0.2) is 0 Å². The maximum absolute atomic E-state index is 12.9. The molecule has 23 heavy (non-hydrogen) atoms. The predicted molar refractivity (Wildman–Crippen MR) is 97.2 cm³/mol. The highest BCUT2D eigenvalue weighted by molar-refractivity contribution is 7.85. The van der Waals surface area contributed by atoms with E-state index in [0.717, 1.165) is 40.7 Å². The number of rotatable bonds is 4. The van der Waals surface area contributed by atoms with Crippen LogP contribution in [0.15, 0.2) is 46.2 Å². The minimum absolute atomic E-state index is 0.628. The van der Waals surface area contributed by atoms with Crippen molar-refractivity contribution in [3.63, 3.8) is 0 Å². The largest absolute Gasteiger partial charge is 0.399 e. The van der Waals surface area contributed by atoms with E-state index in [1.165, 1.54) is 0 Å². The highest BCUT2D eigenvalue weighted by Crippen LogP contribution is 2.43. The van der Waals surface area contributed by atoms with Crippen molar-refractivity contribution in [3.8, 4) is 0 Å². The van der Waals surface area contributed by atoms with Crippen LogP contribution in [0.5, 0.6) is 0 Å². The lowest BCUT2D eigenvalue weighted by Gasteiger charge is -2.33. The summed E-state index contributed by atoms with van der Waals surface area (Å²) in [5, 5.41) is 0.650. The Hall–Kier alpha value is -1.56. The third-order valence-corrected chi connectivity index (χ3v) is 5.58. The van der Waals surface area contributed by atoms with Gasteiger partial charge in [0.05, 0.1) is 32.0 Å². The number of nitrogen functional groups attached to an aromatic ring is 1. The number of benzene rings is 2. The summed E-state index contributed by atoms with van der Waals surface area (Å²) in [6, 6.07) is 11.1. The number of nitrogens with two attached hydrogens (primary N) is 1. The zero-order valence-electron chi connectivity index (χ0n) is 13.3. The van der Waals surface area contributed by atoms with E-state index in [1.807, 2.05) is 30.3 Å². The highest BCUT2D eigenvalue weighted by atomic mass is 35.5. The monoisotopic (exact) mass is 349 g/mol. The number of fused-ring (bicyclic) bond motifs is 2. The van der Waals surface area contributed by atoms with Gasteiger partial charge in [0.25, 0.3) is 0 Å². The zero-order valence-corrected chi connectivity index (χ0v) is 14.8. The summed E-state index contributed by atoms with van der Waals surface area (Å²) in [5.41, 5.74) is 8.39. The summed E-state index contributed by atoms with van der Waals surface area (Å²) in [4.78, 5) is 5.91. The average Bonchev–Trinajstić information content (AvgIpc) is 2.50. The van der Waals surface area contributed by atoms with Crippen molar-refractivity contribution in [1.82, 2.24) is 4.90 Å². The topological polar surface area (TPSA) is 49.6 Å². The van der Waals surface area contributed by atoms with Gasteiger partial charge in [-0.15, -0.1) is 0 Å². The Morgan fingerprint density at radius 2 is 1.91 bits per heavy atom. The van der Waals surface area contributed by atoms with Crippen LogP contribution >= 0.6 is 11.6 Å². The van der Waals surface area contributed by atoms with Gasteiger partial charge in [-0.05, 0) is 63.5 Å². The van der Waals surface area contributed by atoms with Crippen LogP contribution in [-0.4, -0.2) is 36.3 Å². The molecule has 1 aliphatic rings. The van der Waals surface area contributed by atoms with Crippen LogP contribution in [0.1, 0.15) is 6.42 Å². The van der Waals surface area contributed by atoms with Crippen LogP contribution in [0.2, 0.25) is 5.02 Å². The van der Waals surface area contributed by atoms with Gasteiger partial charge < -0.3 is 15.5 Å². The van der Waals surface area contributed by atoms with Gasteiger partial charge in [0.2, 0.25) is 0 Å². The van der Waals surface area contributed by atoms with E-state index in [2.05, 4.69) is 23.9 Å². The normalized spacial score (nSPS) is 16.3. The summed E-state index contributed by atoms with van der Waals surface area (Å²) in [7, 11) is 2.89. The Kier molecular flexibility index (Phi) is 4.62. The molecule has 122 valence electrons. The average molecular weight is 350 g/mol. The van der Waals surface area contributed by atoms with E-state index in [9.17, 15) is 4.21 Å². The first-order chi connectivity index (χ1) is 11.0. The van der Waals surface area contributed by atoms with E-state index in [4.69, 9.17) is 17.3 Å². The molecule has 4 nitrogen and oxygen atoms in total. The second-order valence-electron chi connectivity index (χ2n) is 5.92. The van der Waals surface area contributed by atoms with E-state index in [0.29, 0.717) is 10.7 Å². The van der Waals surface area contributed by atoms with Gasteiger partial charge in [0.1, 0.15) is 0 Å². The predicted octanol–water partition coefficient (Wildman–Crippen LogP) is 3.49. The molecule has 0 saturated carbocycles. The second kappa shape index (κ2) is 6.51. The van der Waals surface area contributed by atoms with Crippen molar-refractivity contribution in [2.24, 2.45) is 0 Å². The van der Waals surface area contributed by atoms with Crippen molar-refractivity contribution < 1.29 is 4.21 Å². The molecule has 2 N–H and O–H groups in total. The van der Waals surface area contributed by atoms with Crippen molar-refractivity contribution in [1.29, 1.82) is 0 Å². The second-order valence-corrected chi connectivity index (χ2v) is 7.77. The van der Waals surface area contributed by atoms with E-state index in [-0.39, 0.29) is 0 Å². The van der Waals surface area contributed by atoms with Crippen molar-refractivity contribution in [3.05, 3.63) is 41.4 Å². The fourth-order valence-electron chi connectivity index (χ4n) is 2.79. The number of nitrogens with zero attached hydrogens (tertiary/aromatic N) is 2. The minimum Gasteiger partial charge on any atom is -0.399 e. The van der Waals surface area contributed by atoms with Gasteiger partial charge in [-0.1, -0.05) is 11.6 Å². The first-order valence-corrected chi connectivity index (χ1v) is 9.03. The van der Waals surface area contributed by atoms with Gasteiger partial charge >= 0.3 is 0 Å². The Morgan fingerprint density at radius 1 is 1.13 bits per heavy atom. The standard InChI is InChI=1S/C17H20ClN3OS/c1-20(2)8-3-9-21-14-6-5-13(19)11-17(14)23(22)16-7-4-12(18)10-15(16)21/h4-7,10-11H,3,8-9,19H2,1-2H3. The quantitative estimate of drug-likeness (QED) is 0.858. The van der Waals surface area contributed by atoms with Gasteiger partial charge in [-0.2, -0.15) is 0 Å². The Morgan fingerprint density at radius 3 is 2.65 bits per heavy atom. The SMILES string of the molecule is CN(C)CCCN1c2cc(Cl)ccc2S(=O)c2cc(N)ccc21. The third kappa shape index (κ3) is 3.22. The lowest BCUT2D eigenvalue weighted by molar-refractivity contribution is 0.402. The molecule has 0 bridgehead atoms. The summed E-state index contributed by atoms with van der Waals surface area (Å²) in [6.45, 7) is 1.82. The molecule has 2 aromatic carbocycles. The molecule has 1 aliphatic heterocycles. The summed E-state index contributed by atoms with van der Waals surface area (Å²) < 4.78 is 12.9. The van der Waals surface area contributed by atoms with Crippen molar-refractivity contribution in [2.45, 2.75) is 16.2 Å². The van der Waals surface area contributed by atoms with E-state index >= 15 is 0 Å². The first-order valence-electron chi connectivity index (χ1n) is 7.50. The summed E-state index contributed by atoms with van der Waals surface area (Å²) >= 11 is 6.17. The molecule has 3 rings (SSSR count). The highest BCUT2D eigenvalue weighted by Gasteiger charge is 2.28. The molecule has 6 heteroatoms. The maximum atomic E-state index is 12.9. The number of halogens is 1. The molecular weight excluding hydrogens is 330 g/mol. The van der Waals surface area contributed by atoms with Gasteiger partial charge in [0, 0.05) is 17.3 Å². The molecular formula is C17H20ClN3OS. The molecule has 0 amide bonds. The van der Waals surface area contributed by atoms with Crippen LogP contribution < -0.4 is 10.6 Å². The molecule has 0 aliphatic carbocycles. The number of anilines is 3. The van der Waals surface area contributed by atoms with Gasteiger partial charge in [-0.3, -0.25) is 0 Å². The molecule has 0 saturated heterocycles. The molecule has 0 fully saturated rings. The van der Waals surface area contributed by atoms with Crippen LogP contribution in [-0.2, 0) is 10.8 Å². The zero-order chi connectivity index (χ0) is 16.6. The van der Waals surface area contributed by atoms with Gasteiger partial charge in [-0.25, -0.2) is 4.21 Å². The first kappa shape index (κ1) is 16.3. The third-order valence-electron chi connectivity index (χ3n) is 3.87. The van der Waals surface area contributed by atoms with Crippen LogP contribution in [0.3, 0.4) is 0 Å². The van der Waals surface area contributed by atoms with Crippen LogP contribution in [0.4, 0.5) is 17.1 Å². The van der Waals surface area contributed by atoms with E-state index in [1.54, 1.807) is 6.07 Å². The summed E-state index contributed by atoms with van der Waals surface area (Å²) in [5.74, 6) is 0. The lowest BCUT2D eigenvalue weighted by Crippen LogP contribution is -2.27. The molecule has 1 heterocycles. The molecule has 0 aromatic heterocycles. The Bertz CT molecular complexity index is 763. The smallest absolute Gasteiger partial charge is 0.0892 e. The molecule has 0 radical (unpaired) electrons. The molecule has 1 atom stereocenters. The van der Waals surface area contributed by atoms with Crippen molar-refractivity contribution in [2.75, 3.05) is 37.8 Å². The fraction of sp³-hybridized carbons (Fsp3) is 0.294.